The maximum atomic E-state index is 11.4. The van der Waals surface area contributed by atoms with Gasteiger partial charge in [0, 0.05) is 11.4 Å². The molecule has 0 heterocycles. The highest BCUT2D eigenvalue weighted by Gasteiger charge is 2.20. The molecule has 4 nitrogen and oxygen atoms in total. The van der Waals surface area contributed by atoms with Gasteiger partial charge in [0.15, 0.2) is 6.10 Å². The lowest BCUT2D eigenvalue weighted by atomic mass is 10.1. The highest BCUT2D eigenvalue weighted by atomic mass is 35.5. The Morgan fingerprint density at radius 1 is 1.18 bits per heavy atom. The van der Waals surface area contributed by atoms with Gasteiger partial charge >= 0.3 is 5.97 Å². The second-order valence-electron chi connectivity index (χ2n) is 4.91. The smallest absolute Gasteiger partial charge is 0.345 e. The molecular formula is C17H17ClO4. The van der Waals surface area contributed by atoms with Crippen LogP contribution in [0.2, 0.25) is 5.02 Å². The van der Waals surface area contributed by atoms with Crippen LogP contribution in [0, 0.1) is 6.92 Å². The molecule has 2 rings (SSSR count). The Balaban J connectivity index is 2.12. The average molecular weight is 321 g/mol. The lowest BCUT2D eigenvalue weighted by Crippen LogP contribution is -2.29. The molecule has 0 aliphatic rings. The maximum absolute atomic E-state index is 11.4. The predicted molar refractivity (Wildman–Crippen MR) is 84.9 cm³/mol. The van der Waals surface area contributed by atoms with Crippen LogP contribution in [0.15, 0.2) is 42.5 Å². The Hall–Kier alpha value is -2.20. The molecule has 0 aliphatic carbocycles. The molecule has 0 fully saturated rings. The van der Waals surface area contributed by atoms with E-state index in [-0.39, 0.29) is 6.42 Å². The van der Waals surface area contributed by atoms with Crippen LogP contribution in [0.5, 0.6) is 11.5 Å². The minimum atomic E-state index is -1.02. The number of benzene rings is 2. The van der Waals surface area contributed by atoms with Crippen molar-refractivity contribution in [2.45, 2.75) is 19.4 Å². The SMILES string of the molecule is COc1ccc(O[C@H](Cc2ccc(C)c(Cl)c2)C(=O)O)cc1. The number of ether oxygens (including phenoxy) is 2. The first-order valence-electron chi connectivity index (χ1n) is 6.78. The summed E-state index contributed by atoms with van der Waals surface area (Å²) in [5.41, 5.74) is 1.77. The second kappa shape index (κ2) is 7.18. The van der Waals surface area contributed by atoms with Crippen molar-refractivity contribution in [3.63, 3.8) is 0 Å². The summed E-state index contributed by atoms with van der Waals surface area (Å²) in [6.07, 6.45) is -0.742. The molecule has 22 heavy (non-hydrogen) atoms. The molecule has 5 heteroatoms. The van der Waals surface area contributed by atoms with Crippen LogP contribution in [-0.2, 0) is 11.2 Å². The zero-order valence-electron chi connectivity index (χ0n) is 12.4. The molecule has 1 N–H and O–H groups in total. The van der Waals surface area contributed by atoms with E-state index in [2.05, 4.69) is 0 Å². The van der Waals surface area contributed by atoms with Crippen molar-refractivity contribution in [1.82, 2.24) is 0 Å². The van der Waals surface area contributed by atoms with Gasteiger partial charge in [-0.2, -0.15) is 0 Å². The van der Waals surface area contributed by atoms with Gasteiger partial charge in [-0.1, -0.05) is 23.7 Å². The Kier molecular flexibility index (Phi) is 5.28. The van der Waals surface area contributed by atoms with Crippen LogP contribution in [-0.4, -0.2) is 24.3 Å². The number of rotatable bonds is 6. The quantitative estimate of drug-likeness (QED) is 0.881. The summed E-state index contributed by atoms with van der Waals surface area (Å²) in [5.74, 6) is 0.142. The number of aryl methyl sites for hydroxylation is 1. The van der Waals surface area contributed by atoms with Gasteiger partial charge in [0.1, 0.15) is 11.5 Å². The van der Waals surface area contributed by atoms with E-state index in [1.807, 2.05) is 19.1 Å². The maximum Gasteiger partial charge on any atom is 0.345 e. The van der Waals surface area contributed by atoms with Gasteiger partial charge < -0.3 is 14.6 Å². The van der Waals surface area contributed by atoms with Gasteiger partial charge in [-0.05, 0) is 48.4 Å². The number of carbonyl (C=O) groups is 1. The standard InChI is InChI=1S/C17H17ClO4/c1-11-3-4-12(9-15(11)18)10-16(17(19)20)22-14-7-5-13(21-2)6-8-14/h3-9,16H,10H2,1-2H3,(H,19,20)/t16-/m1/s1. The Bertz CT molecular complexity index is 652. The third-order valence-corrected chi connectivity index (χ3v) is 3.68. The lowest BCUT2D eigenvalue weighted by Gasteiger charge is -2.16. The Labute approximate surface area is 134 Å². The molecule has 0 radical (unpaired) electrons. The zero-order chi connectivity index (χ0) is 16.1. The molecule has 116 valence electrons. The first-order chi connectivity index (χ1) is 10.5. The molecule has 1 atom stereocenters. The zero-order valence-corrected chi connectivity index (χ0v) is 13.1. The van der Waals surface area contributed by atoms with Crippen LogP contribution in [0.25, 0.3) is 0 Å². The number of halogens is 1. The summed E-state index contributed by atoms with van der Waals surface area (Å²) >= 11 is 6.07. The van der Waals surface area contributed by atoms with Crippen molar-refractivity contribution in [2.75, 3.05) is 7.11 Å². The van der Waals surface area contributed by atoms with Crippen molar-refractivity contribution in [3.05, 3.63) is 58.6 Å². The van der Waals surface area contributed by atoms with Gasteiger partial charge in [0.25, 0.3) is 0 Å². The number of aliphatic carboxylic acids is 1. The number of methoxy groups -OCH3 is 1. The van der Waals surface area contributed by atoms with Crippen LogP contribution in [0.1, 0.15) is 11.1 Å². The van der Waals surface area contributed by atoms with E-state index >= 15 is 0 Å². The van der Waals surface area contributed by atoms with Crippen LogP contribution in [0.4, 0.5) is 0 Å². The Morgan fingerprint density at radius 3 is 2.36 bits per heavy atom. The van der Waals surface area contributed by atoms with Crippen molar-refractivity contribution in [2.24, 2.45) is 0 Å². The van der Waals surface area contributed by atoms with E-state index in [1.165, 1.54) is 0 Å². The summed E-state index contributed by atoms with van der Waals surface area (Å²) < 4.78 is 10.6. The molecule has 0 bridgehead atoms. The third-order valence-electron chi connectivity index (χ3n) is 3.27. The van der Waals surface area contributed by atoms with Crippen molar-refractivity contribution >= 4 is 17.6 Å². The fourth-order valence-corrected chi connectivity index (χ4v) is 2.18. The van der Waals surface area contributed by atoms with Crippen LogP contribution in [0.3, 0.4) is 0 Å². The largest absolute Gasteiger partial charge is 0.497 e. The Morgan fingerprint density at radius 2 is 1.82 bits per heavy atom. The predicted octanol–water partition coefficient (Wildman–Crippen LogP) is 3.73. The molecule has 0 spiro atoms. The second-order valence-corrected chi connectivity index (χ2v) is 5.32. The summed E-state index contributed by atoms with van der Waals surface area (Å²) in [7, 11) is 1.57. The lowest BCUT2D eigenvalue weighted by molar-refractivity contribution is -0.145. The number of carboxylic acids is 1. The van der Waals surface area contributed by atoms with E-state index in [9.17, 15) is 9.90 Å². The molecule has 0 aromatic heterocycles. The molecular weight excluding hydrogens is 304 g/mol. The molecule has 0 saturated carbocycles. The molecule has 2 aromatic rings. The van der Waals surface area contributed by atoms with Gasteiger partial charge in [-0.25, -0.2) is 4.79 Å². The topological polar surface area (TPSA) is 55.8 Å². The average Bonchev–Trinajstić information content (AvgIpc) is 2.51. The highest BCUT2D eigenvalue weighted by molar-refractivity contribution is 6.31. The van der Waals surface area contributed by atoms with Gasteiger partial charge in [-0.15, -0.1) is 0 Å². The van der Waals surface area contributed by atoms with Crippen molar-refractivity contribution in [1.29, 1.82) is 0 Å². The van der Waals surface area contributed by atoms with Gasteiger partial charge in [0.2, 0.25) is 0 Å². The number of carboxylic acid groups (broad SMARTS) is 1. The van der Waals surface area contributed by atoms with E-state index in [1.54, 1.807) is 37.4 Å². The van der Waals surface area contributed by atoms with Crippen molar-refractivity contribution in [3.8, 4) is 11.5 Å². The molecule has 0 saturated heterocycles. The van der Waals surface area contributed by atoms with E-state index in [0.717, 1.165) is 11.1 Å². The highest BCUT2D eigenvalue weighted by Crippen LogP contribution is 2.21. The van der Waals surface area contributed by atoms with E-state index < -0.39 is 12.1 Å². The van der Waals surface area contributed by atoms with Gasteiger partial charge in [-0.3, -0.25) is 0 Å². The monoisotopic (exact) mass is 320 g/mol. The summed E-state index contributed by atoms with van der Waals surface area (Å²) in [6, 6.07) is 12.3. The van der Waals surface area contributed by atoms with E-state index in [4.69, 9.17) is 21.1 Å². The normalized spacial score (nSPS) is 11.8. The van der Waals surface area contributed by atoms with Crippen LogP contribution < -0.4 is 9.47 Å². The van der Waals surface area contributed by atoms with E-state index in [0.29, 0.717) is 16.5 Å². The number of hydrogen-bond acceptors (Lipinski definition) is 3. The molecule has 0 amide bonds. The van der Waals surface area contributed by atoms with Crippen molar-refractivity contribution < 1.29 is 19.4 Å². The third kappa shape index (κ3) is 4.15. The molecule has 0 aliphatic heterocycles. The minimum Gasteiger partial charge on any atom is -0.497 e. The first-order valence-corrected chi connectivity index (χ1v) is 7.16. The fraction of sp³-hybridized carbons (Fsp3) is 0.235. The molecule has 2 aromatic carbocycles. The minimum absolute atomic E-state index is 0.237. The summed E-state index contributed by atoms with van der Waals surface area (Å²) in [4.78, 5) is 11.4. The summed E-state index contributed by atoms with van der Waals surface area (Å²) in [5, 5.41) is 9.95. The summed E-state index contributed by atoms with van der Waals surface area (Å²) in [6.45, 7) is 1.90. The van der Waals surface area contributed by atoms with Gasteiger partial charge in [0.05, 0.1) is 7.11 Å². The fourth-order valence-electron chi connectivity index (χ4n) is 1.98. The van der Waals surface area contributed by atoms with Crippen LogP contribution >= 0.6 is 11.6 Å². The molecule has 0 unspecified atom stereocenters. The number of hydrogen-bond donors (Lipinski definition) is 1. The first kappa shape index (κ1) is 16.2.